The molecular formula is C20H19N5O. The van der Waals surface area contributed by atoms with Crippen molar-refractivity contribution in [1.82, 2.24) is 9.97 Å². The summed E-state index contributed by atoms with van der Waals surface area (Å²) >= 11 is 0. The van der Waals surface area contributed by atoms with Crippen molar-refractivity contribution in [2.24, 2.45) is 0 Å². The van der Waals surface area contributed by atoms with Gasteiger partial charge < -0.3 is 16.0 Å². The number of nitrogens with one attached hydrogen (secondary N) is 3. The summed E-state index contributed by atoms with van der Waals surface area (Å²) in [4.78, 5) is 21.3. The first kappa shape index (κ1) is 17.3. The van der Waals surface area contributed by atoms with Gasteiger partial charge in [0.05, 0.1) is 11.1 Å². The van der Waals surface area contributed by atoms with E-state index in [-0.39, 0.29) is 5.57 Å². The van der Waals surface area contributed by atoms with Gasteiger partial charge in [-0.05, 0) is 43.7 Å². The number of hydrogen-bond donors (Lipinski definition) is 3. The second kappa shape index (κ2) is 7.57. The Morgan fingerprint density at radius 2 is 1.88 bits per heavy atom. The summed E-state index contributed by atoms with van der Waals surface area (Å²) in [6, 6.07) is 15.1. The first-order valence-corrected chi connectivity index (χ1v) is 8.15. The Kier molecular flexibility index (Phi) is 5.03. The van der Waals surface area contributed by atoms with Crippen molar-refractivity contribution in [2.75, 3.05) is 10.6 Å². The maximum atomic E-state index is 12.6. The van der Waals surface area contributed by atoms with Crippen LogP contribution in [0.3, 0.4) is 0 Å². The van der Waals surface area contributed by atoms with E-state index in [1.165, 1.54) is 0 Å². The Morgan fingerprint density at radius 1 is 1.08 bits per heavy atom. The van der Waals surface area contributed by atoms with Gasteiger partial charge in [-0.25, -0.2) is 9.97 Å². The first-order chi connectivity index (χ1) is 12.6. The number of nitrogens with zero attached hydrogens (tertiary/aromatic N) is 2. The lowest BCUT2D eigenvalue weighted by Crippen LogP contribution is -2.19. The second-order valence-electron chi connectivity index (χ2n) is 5.82. The summed E-state index contributed by atoms with van der Waals surface area (Å²) < 4.78 is 0. The molecule has 3 aromatic rings. The number of amides is 1. The van der Waals surface area contributed by atoms with Gasteiger partial charge in [-0.3, -0.25) is 4.79 Å². The van der Waals surface area contributed by atoms with Gasteiger partial charge in [0.15, 0.2) is 0 Å². The van der Waals surface area contributed by atoms with E-state index < -0.39 is 5.91 Å². The summed E-state index contributed by atoms with van der Waals surface area (Å²) in [6.45, 7) is 3.66. The van der Waals surface area contributed by atoms with Gasteiger partial charge in [-0.2, -0.15) is 0 Å². The molecule has 0 fully saturated rings. The molecule has 0 aliphatic carbocycles. The molecule has 3 rings (SSSR count). The summed E-state index contributed by atoms with van der Waals surface area (Å²) in [5.74, 6) is 0.692. The van der Waals surface area contributed by atoms with Crippen molar-refractivity contribution in [3.63, 3.8) is 0 Å². The van der Waals surface area contributed by atoms with E-state index in [0.717, 1.165) is 22.7 Å². The van der Waals surface area contributed by atoms with Crippen molar-refractivity contribution >= 4 is 34.7 Å². The number of anilines is 2. The maximum absolute atomic E-state index is 12.6. The minimum absolute atomic E-state index is 0.213. The summed E-state index contributed by atoms with van der Waals surface area (Å²) in [5, 5.41) is 14.5. The number of aryl methyl sites for hydroxylation is 1. The summed E-state index contributed by atoms with van der Waals surface area (Å²) in [7, 11) is 0. The predicted molar refractivity (Wildman–Crippen MR) is 104 cm³/mol. The van der Waals surface area contributed by atoms with Gasteiger partial charge in [0, 0.05) is 23.5 Å². The molecule has 0 radical (unpaired) electrons. The Hall–Kier alpha value is -3.54. The van der Waals surface area contributed by atoms with Gasteiger partial charge in [0.1, 0.15) is 11.6 Å². The molecule has 0 aliphatic heterocycles. The van der Waals surface area contributed by atoms with E-state index >= 15 is 0 Å². The Balaban J connectivity index is 1.83. The lowest BCUT2D eigenvalue weighted by Gasteiger charge is -2.12. The van der Waals surface area contributed by atoms with Crippen LogP contribution in [-0.2, 0) is 4.79 Å². The number of aromatic nitrogens is 2. The number of carbonyl (C=O) groups excluding carboxylic acids is 1. The van der Waals surface area contributed by atoms with E-state index in [9.17, 15) is 4.79 Å². The highest BCUT2D eigenvalue weighted by atomic mass is 16.1. The van der Waals surface area contributed by atoms with E-state index in [2.05, 4.69) is 20.6 Å². The molecular weight excluding hydrogens is 326 g/mol. The van der Waals surface area contributed by atoms with E-state index in [0.29, 0.717) is 17.3 Å². The van der Waals surface area contributed by atoms with Crippen LogP contribution in [0.15, 0.2) is 66.0 Å². The van der Waals surface area contributed by atoms with E-state index in [1.807, 2.05) is 49.4 Å². The summed E-state index contributed by atoms with van der Waals surface area (Å²) in [6.07, 6.45) is 2.70. The molecule has 2 aromatic heterocycles. The number of carbonyl (C=O) groups is 1. The smallest absolute Gasteiger partial charge is 0.260 e. The van der Waals surface area contributed by atoms with Gasteiger partial charge >= 0.3 is 0 Å². The third-order valence-electron chi connectivity index (χ3n) is 3.95. The van der Waals surface area contributed by atoms with Crippen LogP contribution >= 0.6 is 0 Å². The minimum Gasteiger partial charge on any atom is -0.343 e. The number of para-hydroxylation sites is 1. The largest absolute Gasteiger partial charge is 0.343 e. The normalized spacial score (nSPS) is 11.6. The van der Waals surface area contributed by atoms with Crippen molar-refractivity contribution in [3.8, 4) is 0 Å². The van der Waals surface area contributed by atoms with Crippen molar-refractivity contribution < 1.29 is 4.79 Å². The monoisotopic (exact) mass is 345 g/mol. The van der Waals surface area contributed by atoms with Crippen LogP contribution in [0, 0.1) is 12.3 Å². The highest BCUT2D eigenvalue weighted by Crippen LogP contribution is 2.17. The van der Waals surface area contributed by atoms with Crippen molar-refractivity contribution in [3.05, 3.63) is 71.6 Å². The molecule has 0 saturated carbocycles. The number of rotatable bonds is 5. The van der Waals surface area contributed by atoms with Gasteiger partial charge in [0.25, 0.3) is 5.91 Å². The molecule has 130 valence electrons. The molecule has 0 atom stereocenters. The Morgan fingerprint density at radius 3 is 2.65 bits per heavy atom. The number of pyridine rings is 2. The third-order valence-corrected chi connectivity index (χ3v) is 3.95. The maximum Gasteiger partial charge on any atom is 0.260 e. The fraction of sp³-hybridized carbons (Fsp3) is 0.100. The molecule has 1 amide bonds. The molecule has 0 unspecified atom stereocenters. The summed E-state index contributed by atoms with van der Waals surface area (Å²) in [5.41, 5.74) is 2.50. The van der Waals surface area contributed by atoms with Crippen molar-refractivity contribution in [2.45, 2.75) is 13.8 Å². The SMILES string of the molecule is C/C(Nc1ncccc1C)=C(/C=N)C(=O)Nc1ccc2ccccc2n1. The fourth-order valence-electron chi connectivity index (χ4n) is 2.52. The van der Waals surface area contributed by atoms with Crippen LogP contribution < -0.4 is 10.6 Å². The molecule has 6 heteroatoms. The Labute approximate surface area is 151 Å². The Bertz CT molecular complexity index is 1010. The quantitative estimate of drug-likeness (QED) is 0.483. The zero-order valence-electron chi connectivity index (χ0n) is 14.6. The second-order valence-corrected chi connectivity index (χ2v) is 5.82. The molecule has 2 heterocycles. The number of fused-ring (bicyclic) bond motifs is 1. The zero-order chi connectivity index (χ0) is 18.5. The average Bonchev–Trinajstić information content (AvgIpc) is 2.64. The van der Waals surface area contributed by atoms with Crippen molar-refractivity contribution in [1.29, 1.82) is 5.41 Å². The molecule has 0 spiro atoms. The molecule has 0 saturated heterocycles. The lowest BCUT2D eigenvalue weighted by atomic mass is 10.2. The van der Waals surface area contributed by atoms with Gasteiger partial charge in [0.2, 0.25) is 0 Å². The topological polar surface area (TPSA) is 90.8 Å². The van der Waals surface area contributed by atoms with Gasteiger partial charge in [-0.1, -0.05) is 24.3 Å². The van der Waals surface area contributed by atoms with Crippen LogP contribution in [0.2, 0.25) is 0 Å². The number of allylic oxidation sites excluding steroid dienone is 1. The predicted octanol–water partition coefficient (Wildman–Crippen LogP) is 3.91. The molecule has 26 heavy (non-hydrogen) atoms. The highest BCUT2D eigenvalue weighted by molar-refractivity contribution is 6.17. The zero-order valence-corrected chi connectivity index (χ0v) is 14.6. The van der Waals surface area contributed by atoms with Crippen LogP contribution in [0.4, 0.5) is 11.6 Å². The molecule has 1 aromatic carbocycles. The van der Waals surface area contributed by atoms with E-state index in [1.54, 1.807) is 19.2 Å². The van der Waals surface area contributed by atoms with Crippen LogP contribution in [-0.4, -0.2) is 22.1 Å². The van der Waals surface area contributed by atoms with E-state index in [4.69, 9.17) is 5.41 Å². The lowest BCUT2D eigenvalue weighted by molar-refractivity contribution is -0.112. The number of hydrogen-bond acceptors (Lipinski definition) is 5. The molecule has 0 bridgehead atoms. The molecule has 0 aliphatic rings. The van der Waals surface area contributed by atoms with Gasteiger partial charge in [-0.15, -0.1) is 0 Å². The first-order valence-electron chi connectivity index (χ1n) is 8.15. The standard InChI is InChI=1S/C20H19N5O/c1-13-6-5-11-22-19(13)23-14(2)16(12-21)20(26)25-18-10-9-15-7-3-4-8-17(15)24-18/h3-12,21H,1-2H3,(H,22,23)(H,24,25,26)/b16-14+,21-12?. The fourth-order valence-corrected chi connectivity index (χ4v) is 2.52. The van der Waals surface area contributed by atoms with Crippen LogP contribution in [0.5, 0.6) is 0 Å². The van der Waals surface area contributed by atoms with Crippen LogP contribution in [0.25, 0.3) is 10.9 Å². The minimum atomic E-state index is -0.402. The average molecular weight is 345 g/mol. The third kappa shape index (κ3) is 3.75. The molecule has 3 N–H and O–H groups in total. The van der Waals surface area contributed by atoms with Crippen LogP contribution in [0.1, 0.15) is 12.5 Å². The number of benzene rings is 1. The molecule has 6 nitrogen and oxygen atoms in total. The highest BCUT2D eigenvalue weighted by Gasteiger charge is 2.13.